The fourth-order valence-electron chi connectivity index (χ4n) is 2.41. The number of urea groups is 1. The van der Waals surface area contributed by atoms with Crippen molar-refractivity contribution in [1.29, 1.82) is 0 Å². The molecule has 5 heteroatoms. The number of hydrogen-bond acceptors (Lipinski definition) is 3. The molecular formula is C16H23N3O2. The van der Waals surface area contributed by atoms with E-state index < -0.39 is 5.54 Å². The molecule has 1 atom stereocenters. The Labute approximate surface area is 125 Å². The van der Waals surface area contributed by atoms with Crippen LogP contribution in [0.1, 0.15) is 50.8 Å². The van der Waals surface area contributed by atoms with Crippen LogP contribution >= 0.6 is 0 Å². The van der Waals surface area contributed by atoms with Crippen molar-refractivity contribution >= 4 is 11.9 Å². The Kier molecular flexibility index (Phi) is 4.05. The molecule has 1 heterocycles. The fourth-order valence-corrected chi connectivity index (χ4v) is 2.41. The quantitative estimate of drug-likeness (QED) is 0.834. The maximum absolute atomic E-state index is 12.1. The number of nitrogens with zero attached hydrogens (tertiary/aromatic N) is 1. The molecule has 1 unspecified atom stereocenters. The van der Waals surface area contributed by atoms with Crippen molar-refractivity contribution in [3.8, 4) is 0 Å². The maximum Gasteiger partial charge on any atom is 0.325 e. The van der Waals surface area contributed by atoms with Crippen molar-refractivity contribution in [1.82, 2.24) is 10.2 Å². The Balaban J connectivity index is 2.09. The third-order valence-corrected chi connectivity index (χ3v) is 3.85. The van der Waals surface area contributed by atoms with Crippen molar-refractivity contribution in [3.05, 3.63) is 35.4 Å². The zero-order chi connectivity index (χ0) is 15.8. The summed E-state index contributed by atoms with van der Waals surface area (Å²) < 4.78 is 0. The molecule has 0 spiro atoms. The molecule has 5 nitrogen and oxygen atoms in total. The number of imide groups is 1. The molecule has 1 aliphatic rings. The van der Waals surface area contributed by atoms with E-state index in [1.807, 2.05) is 24.3 Å². The predicted molar refractivity (Wildman–Crippen MR) is 81.8 cm³/mol. The summed E-state index contributed by atoms with van der Waals surface area (Å²) in [7, 11) is 0. The van der Waals surface area contributed by atoms with E-state index in [2.05, 4.69) is 19.2 Å². The molecule has 0 radical (unpaired) electrons. The topological polar surface area (TPSA) is 75.4 Å². The molecule has 2 rings (SSSR count). The van der Waals surface area contributed by atoms with Gasteiger partial charge in [-0.15, -0.1) is 0 Å². The molecule has 114 valence electrons. The monoisotopic (exact) mass is 289 g/mol. The number of nitrogens with one attached hydrogen (secondary N) is 1. The first-order chi connectivity index (χ1) is 9.72. The number of carbonyl (C=O) groups excluding carboxylic acids is 2. The van der Waals surface area contributed by atoms with Crippen molar-refractivity contribution in [2.45, 2.75) is 45.2 Å². The minimum Gasteiger partial charge on any atom is -0.324 e. The lowest BCUT2D eigenvalue weighted by Gasteiger charge is -2.20. The van der Waals surface area contributed by atoms with E-state index in [0.717, 1.165) is 5.56 Å². The van der Waals surface area contributed by atoms with Crippen LogP contribution in [0, 0.1) is 0 Å². The molecule has 3 amide bonds. The van der Waals surface area contributed by atoms with Crippen LogP contribution in [0.25, 0.3) is 0 Å². The highest BCUT2D eigenvalue weighted by molar-refractivity contribution is 6.06. The van der Waals surface area contributed by atoms with Crippen LogP contribution in [0.4, 0.5) is 4.79 Å². The predicted octanol–water partition coefficient (Wildman–Crippen LogP) is 2.14. The Morgan fingerprint density at radius 2 is 1.67 bits per heavy atom. The van der Waals surface area contributed by atoms with Gasteiger partial charge in [-0.2, -0.15) is 0 Å². The van der Waals surface area contributed by atoms with Gasteiger partial charge in [0, 0.05) is 12.6 Å². The molecule has 0 aliphatic carbocycles. The summed E-state index contributed by atoms with van der Waals surface area (Å²) in [5.41, 5.74) is 7.45. The van der Waals surface area contributed by atoms with E-state index in [1.165, 1.54) is 10.5 Å². The molecule has 0 aromatic heterocycles. The Hall–Kier alpha value is -1.88. The van der Waals surface area contributed by atoms with Gasteiger partial charge in [-0.25, -0.2) is 4.79 Å². The second-order valence-electron chi connectivity index (χ2n) is 6.40. The lowest BCUT2D eigenvalue weighted by atomic mass is 9.99. The summed E-state index contributed by atoms with van der Waals surface area (Å²) in [6.07, 6.45) is 0. The summed E-state index contributed by atoms with van der Waals surface area (Å²) in [6.45, 7) is 7.83. The molecule has 1 aromatic carbocycles. The normalized spacial score (nSPS) is 19.0. The minimum atomic E-state index is -0.849. The van der Waals surface area contributed by atoms with E-state index in [0.29, 0.717) is 5.92 Å². The number of hydrogen-bond donors (Lipinski definition) is 2. The van der Waals surface area contributed by atoms with Crippen molar-refractivity contribution in [2.75, 3.05) is 6.54 Å². The first-order valence-electron chi connectivity index (χ1n) is 7.22. The Morgan fingerprint density at radius 1 is 1.14 bits per heavy atom. The van der Waals surface area contributed by atoms with Gasteiger partial charge in [-0.1, -0.05) is 38.1 Å². The van der Waals surface area contributed by atoms with Gasteiger partial charge in [0.25, 0.3) is 5.91 Å². The number of benzene rings is 1. The van der Waals surface area contributed by atoms with Crippen LogP contribution in [-0.4, -0.2) is 28.9 Å². The van der Waals surface area contributed by atoms with Crippen molar-refractivity contribution < 1.29 is 9.59 Å². The Morgan fingerprint density at radius 3 is 2.10 bits per heavy atom. The average molecular weight is 289 g/mol. The number of nitrogens with two attached hydrogens (primary N) is 1. The lowest BCUT2D eigenvalue weighted by molar-refractivity contribution is -0.130. The Bertz CT molecular complexity index is 549. The molecule has 0 saturated carbocycles. The molecular weight excluding hydrogens is 266 g/mol. The SMILES string of the molecule is CC(C)c1ccc(C(N)CN2C(=O)NC(C)(C)C2=O)cc1. The van der Waals surface area contributed by atoms with Gasteiger partial charge in [0.15, 0.2) is 0 Å². The molecule has 3 N–H and O–H groups in total. The highest BCUT2D eigenvalue weighted by Crippen LogP contribution is 2.22. The first kappa shape index (κ1) is 15.5. The van der Waals surface area contributed by atoms with Crippen LogP contribution in [0.2, 0.25) is 0 Å². The first-order valence-corrected chi connectivity index (χ1v) is 7.22. The van der Waals surface area contributed by atoms with E-state index in [1.54, 1.807) is 13.8 Å². The zero-order valence-corrected chi connectivity index (χ0v) is 13.0. The lowest BCUT2D eigenvalue weighted by Crippen LogP contribution is -2.41. The second kappa shape index (κ2) is 5.48. The molecule has 1 aliphatic heterocycles. The molecule has 0 bridgehead atoms. The fraction of sp³-hybridized carbons (Fsp3) is 0.500. The average Bonchev–Trinajstić information content (AvgIpc) is 2.61. The van der Waals surface area contributed by atoms with Crippen LogP contribution in [-0.2, 0) is 4.79 Å². The number of carbonyl (C=O) groups is 2. The summed E-state index contributed by atoms with van der Waals surface area (Å²) in [5, 5.41) is 2.66. The molecule has 21 heavy (non-hydrogen) atoms. The zero-order valence-electron chi connectivity index (χ0n) is 13.0. The van der Waals surface area contributed by atoms with Gasteiger partial charge in [0.05, 0.1) is 0 Å². The van der Waals surface area contributed by atoms with Gasteiger partial charge < -0.3 is 11.1 Å². The van der Waals surface area contributed by atoms with Crippen LogP contribution in [0.15, 0.2) is 24.3 Å². The van der Waals surface area contributed by atoms with Crippen LogP contribution < -0.4 is 11.1 Å². The summed E-state index contributed by atoms with van der Waals surface area (Å²) in [4.78, 5) is 25.2. The number of amides is 3. The van der Waals surface area contributed by atoms with Gasteiger partial charge in [0.1, 0.15) is 5.54 Å². The van der Waals surface area contributed by atoms with Gasteiger partial charge in [-0.05, 0) is 30.9 Å². The van der Waals surface area contributed by atoms with Crippen molar-refractivity contribution in [2.24, 2.45) is 5.73 Å². The third kappa shape index (κ3) is 3.08. The van der Waals surface area contributed by atoms with Crippen LogP contribution in [0.3, 0.4) is 0 Å². The molecule has 1 aromatic rings. The smallest absolute Gasteiger partial charge is 0.324 e. The highest BCUT2D eigenvalue weighted by Gasteiger charge is 2.44. The number of rotatable bonds is 4. The summed E-state index contributed by atoms with van der Waals surface area (Å²) in [5.74, 6) is 0.226. The second-order valence-corrected chi connectivity index (χ2v) is 6.40. The highest BCUT2D eigenvalue weighted by atomic mass is 16.2. The maximum atomic E-state index is 12.1. The van der Waals surface area contributed by atoms with Gasteiger partial charge in [0.2, 0.25) is 0 Å². The van der Waals surface area contributed by atoms with E-state index in [9.17, 15) is 9.59 Å². The van der Waals surface area contributed by atoms with Crippen LogP contribution in [0.5, 0.6) is 0 Å². The third-order valence-electron chi connectivity index (χ3n) is 3.85. The van der Waals surface area contributed by atoms with E-state index in [-0.39, 0.29) is 24.5 Å². The minimum absolute atomic E-state index is 0.190. The van der Waals surface area contributed by atoms with Gasteiger partial charge in [-0.3, -0.25) is 9.69 Å². The van der Waals surface area contributed by atoms with Crippen molar-refractivity contribution in [3.63, 3.8) is 0 Å². The molecule has 1 fully saturated rings. The van der Waals surface area contributed by atoms with E-state index >= 15 is 0 Å². The molecule has 1 saturated heterocycles. The standard InChI is InChI=1S/C16H23N3O2/c1-10(2)11-5-7-12(8-6-11)13(17)9-19-14(20)16(3,4)18-15(19)21/h5-8,10,13H,9,17H2,1-4H3,(H,18,21). The summed E-state index contributed by atoms with van der Waals surface area (Å²) in [6, 6.07) is 7.24. The van der Waals surface area contributed by atoms with E-state index in [4.69, 9.17) is 5.73 Å². The largest absolute Gasteiger partial charge is 0.325 e. The van der Waals surface area contributed by atoms with Gasteiger partial charge >= 0.3 is 6.03 Å². The summed E-state index contributed by atoms with van der Waals surface area (Å²) >= 11 is 0.